The molecule has 24 heavy (non-hydrogen) atoms. The van der Waals surface area contributed by atoms with Crippen LogP contribution in [0.25, 0.3) is 0 Å². The highest BCUT2D eigenvalue weighted by molar-refractivity contribution is 8.01. The zero-order chi connectivity index (χ0) is 18.7. The number of hydrogen-bond donors (Lipinski definition) is 2. The SMILES string of the molecule is CC(S[C@H]1CC(=O)C[C@@H]1O[Si](C)(C)C(C)(C)C)C(=O)NCC(=O)O. The molecule has 6 nitrogen and oxygen atoms in total. The number of nitrogens with one attached hydrogen (secondary N) is 1. The Bertz CT molecular complexity index is 503. The molecule has 1 unspecified atom stereocenters. The van der Waals surface area contributed by atoms with E-state index in [4.69, 9.17) is 9.53 Å². The number of hydrogen-bond acceptors (Lipinski definition) is 5. The van der Waals surface area contributed by atoms with Gasteiger partial charge in [0.25, 0.3) is 0 Å². The molecule has 8 heteroatoms. The third-order valence-electron chi connectivity index (χ3n) is 4.69. The summed E-state index contributed by atoms with van der Waals surface area (Å²) in [4.78, 5) is 34.4. The quantitative estimate of drug-likeness (QED) is 0.664. The smallest absolute Gasteiger partial charge is 0.322 e. The highest BCUT2D eigenvalue weighted by Crippen LogP contribution is 2.41. The molecule has 3 atom stereocenters. The van der Waals surface area contributed by atoms with Crippen molar-refractivity contribution in [1.29, 1.82) is 0 Å². The number of thioether (sulfide) groups is 1. The van der Waals surface area contributed by atoms with Crippen molar-refractivity contribution in [1.82, 2.24) is 5.32 Å². The number of rotatable bonds is 7. The van der Waals surface area contributed by atoms with Crippen molar-refractivity contribution in [3.8, 4) is 0 Å². The maximum atomic E-state index is 12.0. The molecule has 0 saturated heterocycles. The Labute approximate surface area is 149 Å². The molecule has 1 rings (SSSR count). The summed E-state index contributed by atoms with van der Waals surface area (Å²) >= 11 is 1.40. The van der Waals surface area contributed by atoms with Crippen molar-refractivity contribution in [3.05, 3.63) is 0 Å². The maximum absolute atomic E-state index is 12.0. The van der Waals surface area contributed by atoms with E-state index in [0.29, 0.717) is 12.8 Å². The van der Waals surface area contributed by atoms with Gasteiger partial charge in [-0.2, -0.15) is 0 Å². The Hall–Kier alpha value is -0.863. The predicted molar refractivity (Wildman–Crippen MR) is 97.8 cm³/mol. The van der Waals surface area contributed by atoms with Gasteiger partial charge in [0.15, 0.2) is 8.32 Å². The zero-order valence-electron chi connectivity index (χ0n) is 15.3. The fourth-order valence-electron chi connectivity index (χ4n) is 2.23. The summed E-state index contributed by atoms with van der Waals surface area (Å²) in [5.74, 6) is -1.24. The van der Waals surface area contributed by atoms with Gasteiger partial charge in [0.1, 0.15) is 12.3 Å². The molecule has 138 valence electrons. The van der Waals surface area contributed by atoms with Crippen molar-refractivity contribution < 1.29 is 23.9 Å². The van der Waals surface area contributed by atoms with Crippen molar-refractivity contribution in [2.45, 2.75) is 75.3 Å². The van der Waals surface area contributed by atoms with Crippen LogP contribution in [0.2, 0.25) is 18.1 Å². The van der Waals surface area contributed by atoms with E-state index in [0.717, 1.165) is 0 Å². The lowest BCUT2D eigenvalue weighted by Gasteiger charge is -2.39. The second-order valence-corrected chi connectivity index (χ2v) is 14.1. The number of Topliss-reactive ketones (excluding diaryl/α,β-unsaturated/α-hetero) is 1. The Kier molecular flexibility index (Phi) is 7.07. The number of carbonyl (C=O) groups excluding carboxylic acids is 2. The standard InChI is InChI=1S/C16H29NO5SSi/c1-10(15(21)17-9-14(19)20)23-13-8-11(18)7-12(13)22-24(5,6)16(2,3)4/h10,12-13H,7-9H2,1-6H3,(H,17,21)(H,19,20)/t10?,12-,13-/m0/s1. The lowest BCUT2D eigenvalue weighted by molar-refractivity contribution is -0.137. The summed E-state index contributed by atoms with van der Waals surface area (Å²) in [6.45, 7) is 12.1. The van der Waals surface area contributed by atoms with Gasteiger partial charge in [-0.3, -0.25) is 14.4 Å². The largest absolute Gasteiger partial charge is 0.480 e. The van der Waals surface area contributed by atoms with Crippen LogP contribution < -0.4 is 5.32 Å². The van der Waals surface area contributed by atoms with E-state index in [2.05, 4.69) is 39.2 Å². The fourth-order valence-corrected chi connectivity index (χ4v) is 5.03. The minimum absolute atomic E-state index is 0.0539. The van der Waals surface area contributed by atoms with Crippen LogP contribution >= 0.6 is 11.8 Å². The van der Waals surface area contributed by atoms with Gasteiger partial charge >= 0.3 is 5.97 Å². The van der Waals surface area contributed by atoms with Crippen LogP contribution in [-0.4, -0.2) is 54.2 Å². The Morgan fingerprint density at radius 3 is 2.46 bits per heavy atom. The summed E-state index contributed by atoms with van der Waals surface area (Å²) < 4.78 is 6.40. The predicted octanol–water partition coefficient (Wildman–Crippen LogP) is 2.43. The fraction of sp³-hybridized carbons (Fsp3) is 0.812. The second kappa shape index (κ2) is 8.01. The van der Waals surface area contributed by atoms with E-state index in [-0.39, 0.29) is 28.1 Å². The molecule has 1 saturated carbocycles. The molecule has 0 aliphatic heterocycles. The van der Waals surface area contributed by atoms with Crippen molar-refractivity contribution >= 4 is 37.7 Å². The first-order chi connectivity index (χ1) is 10.8. The third-order valence-corrected chi connectivity index (χ3v) is 10.6. The first-order valence-electron chi connectivity index (χ1n) is 8.18. The van der Waals surface area contributed by atoms with E-state index >= 15 is 0 Å². The normalized spacial score (nSPS) is 23.2. The minimum atomic E-state index is -1.99. The van der Waals surface area contributed by atoms with Crippen molar-refractivity contribution in [3.63, 3.8) is 0 Å². The number of aliphatic carboxylic acids is 1. The van der Waals surface area contributed by atoms with Gasteiger partial charge in [0, 0.05) is 18.1 Å². The minimum Gasteiger partial charge on any atom is -0.480 e. The lowest BCUT2D eigenvalue weighted by atomic mass is 10.2. The Morgan fingerprint density at radius 2 is 1.96 bits per heavy atom. The van der Waals surface area contributed by atoms with Crippen LogP contribution in [0.1, 0.15) is 40.5 Å². The number of ketones is 1. The summed E-state index contributed by atoms with van der Waals surface area (Å²) in [5, 5.41) is 10.6. The molecule has 0 bridgehead atoms. The highest BCUT2D eigenvalue weighted by Gasteiger charge is 2.44. The molecular weight excluding hydrogens is 346 g/mol. The molecule has 0 spiro atoms. The average Bonchev–Trinajstić information content (AvgIpc) is 2.73. The molecule has 0 aromatic rings. The van der Waals surface area contributed by atoms with Gasteiger partial charge in [-0.25, -0.2) is 0 Å². The monoisotopic (exact) mass is 375 g/mol. The van der Waals surface area contributed by atoms with Gasteiger partial charge < -0.3 is 14.8 Å². The molecule has 0 aromatic heterocycles. The van der Waals surface area contributed by atoms with E-state index in [1.165, 1.54) is 11.8 Å². The topological polar surface area (TPSA) is 92.7 Å². The van der Waals surface area contributed by atoms with Gasteiger partial charge in [-0.15, -0.1) is 11.8 Å². The van der Waals surface area contributed by atoms with Gasteiger partial charge in [-0.1, -0.05) is 20.8 Å². The second-order valence-electron chi connectivity index (χ2n) is 7.79. The van der Waals surface area contributed by atoms with Gasteiger partial charge in [0.2, 0.25) is 5.91 Å². The Morgan fingerprint density at radius 1 is 1.38 bits per heavy atom. The highest BCUT2D eigenvalue weighted by atomic mass is 32.2. The Balaban J connectivity index is 2.70. The van der Waals surface area contributed by atoms with E-state index in [1.54, 1.807) is 6.92 Å². The van der Waals surface area contributed by atoms with Crippen LogP contribution in [-0.2, 0) is 18.8 Å². The van der Waals surface area contributed by atoms with Crippen LogP contribution in [0.5, 0.6) is 0 Å². The van der Waals surface area contributed by atoms with Crippen LogP contribution in [0.15, 0.2) is 0 Å². The molecule has 0 radical (unpaired) electrons. The maximum Gasteiger partial charge on any atom is 0.322 e. The summed E-state index contributed by atoms with van der Waals surface area (Å²) in [5.41, 5.74) is 0. The summed E-state index contributed by atoms with van der Waals surface area (Å²) in [7, 11) is -1.99. The molecular formula is C16H29NO5SSi. The molecule has 1 aliphatic rings. The van der Waals surface area contributed by atoms with E-state index < -0.39 is 26.1 Å². The molecule has 1 aliphatic carbocycles. The van der Waals surface area contributed by atoms with Gasteiger partial charge in [-0.05, 0) is 25.1 Å². The van der Waals surface area contributed by atoms with Crippen LogP contribution in [0, 0.1) is 0 Å². The van der Waals surface area contributed by atoms with Crippen LogP contribution in [0.4, 0.5) is 0 Å². The van der Waals surface area contributed by atoms with E-state index in [9.17, 15) is 14.4 Å². The summed E-state index contributed by atoms with van der Waals surface area (Å²) in [6, 6.07) is 0. The molecule has 1 amide bonds. The summed E-state index contributed by atoms with van der Waals surface area (Å²) in [6.07, 6.45) is 0.631. The van der Waals surface area contributed by atoms with E-state index in [1.807, 2.05) is 0 Å². The van der Waals surface area contributed by atoms with Gasteiger partial charge in [0.05, 0.1) is 11.4 Å². The number of carbonyl (C=O) groups is 3. The zero-order valence-corrected chi connectivity index (χ0v) is 17.2. The molecule has 0 aromatic carbocycles. The molecule has 1 fully saturated rings. The average molecular weight is 376 g/mol. The number of amides is 1. The van der Waals surface area contributed by atoms with Crippen molar-refractivity contribution in [2.24, 2.45) is 0 Å². The van der Waals surface area contributed by atoms with Crippen molar-refractivity contribution in [2.75, 3.05) is 6.54 Å². The first-order valence-corrected chi connectivity index (χ1v) is 12.0. The third kappa shape index (κ3) is 5.89. The molecule has 2 N–H and O–H groups in total. The molecule has 0 heterocycles. The number of carboxylic acids is 1. The number of carboxylic acid groups (broad SMARTS) is 1. The van der Waals surface area contributed by atoms with Crippen LogP contribution in [0.3, 0.4) is 0 Å². The lowest BCUT2D eigenvalue weighted by Crippen LogP contribution is -2.45. The first kappa shape index (κ1) is 21.2.